The maximum absolute atomic E-state index is 12.8. The molecule has 0 aromatic carbocycles. The maximum atomic E-state index is 12.8. The molecule has 0 aromatic rings. The van der Waals surface area contributed by atoms with Crippen molar-refractivity contribution in [1.82, 2.24) is 10.2 Å². The minimum Gasteiger partial charge on any atom is -0.466 e. The minimum atomic E-state index is -0.145. The molecule has 0 radical (unpaired) electrons. The number of carbonyl (C=O) groups excluding carboxylic acids is 2. The number of fused-ring (bicyclic) bond motifs is 1. The molecule has 1 amide bonds. The van der Waals surface area contributed by atoms with Gasteiger partial charge in [0.1, 0.15) is 0 Å². The number of hydrogen-bond acceptors (Lipinski definition) is 4. The lowest BCUT2D eigenvalue weighted by molar-refractivity contribution is -0.151. The van der Waals surface area contributed by atoms with Gasteiger partial charge in [0.15, 0.2) is 0 Å². The smallest absolute Gasteiger partial charge is 0.310 e. The first-order valence-electron chi connectivity index (χ1n) is 8.90. The van der Waals surface area contributed by atoms with Gasteiger partial charge in [0, 0.05) is 19.1 Å². The fourth-order valence-electron chi connectivity index (χ4n) is 4.36. The first kappa shape index (κ1) is 18.5. The average molecular weight is 345 g/mol. The number of piperidine rings is 1. The molecule has 1 saturated carbocycles. The quantitative estimate of drug-likeness (QED) is 0.797. The largest absolute Gasteiger partial charge is 0.466 e. The van der Waals surface area contributed by atoms with Gasteiger partial charge >= 0.3 is 5.97 Å². The fraction of sp³-hybridized carbons (Fsp3) is 0.882. The van der Waals surface area contributed by atoms with E-state index in [0.29, 0.717) is 25.1 Å². The zero-order valence-corrected chi connectivity index (χ0v) is 14.8. The van der Waals surface area contributed by atoms with E-state index in [1.165, 1.54) is 25.7 Å². The number of halogens is 1. The van der Waals surface area contributed by atoms with Crippen LogP contribution >= 0.6 is 12.4 Å². The topological polar surface area (TPSA) is 58.6 Å². The second kappa shape index (κ2) is 8.34. The van der Waals surface area contributed by atoms with E-state index in [0.717, 1.165) is 25.8 Å². The lowest BCUT2D eigenvalue weighted by Gasteiger charge is -2.33. The number of rotatable bonds is 3. The molecular formula is C17H29ClN2O3. The summed E-state index contributed by atoms with van der Waals surface area (Å²) in [6.07, 6.45) is 7.76. The Morgan fingerprint density at radius 2 is 1.96 bits per heavy atom. The summed E-state index contributed by atoms with van der Waals surface area (Å²) in [7, 11) is 0. The van der Waals surface area contributed by atoms with Crippen LogP contribution < -0.4 is 5.32 Å². The van der Waals surface area contributed by atoms with Crippen LogP contribution in [-0.4, -0.2) is 48.6 Å². The first-order valence-corrected chi connectivity index (χ1v) is 8.90. The summed E-state index contributed by atoms with van der Waals surface area (Å²) in [6.45, 7) is 3.55. The number of amides is 1. The Morgan fingerprint density at radius 1 is 1.17 bits per heavy atom. The number of nitrogens with zero attached hydrogens (tertiary/aromatic N) is 1. The van der Waals surface area contributed by atoms with E-state index in [-0.39, 0.29) is 36.2 Å². The van der Waals surface area contributed by atoms with Crippen LogP contribution in [0.25, 0.3) is 0 Å². The Hall–Kier alpha value is -0.810. The van der Waals surface area contributed by atoms with Crippen molar-refractivity contribution >= 4 is 24.3 Å². The number of esters is 1. The molecule has 0 spiro atoms. The van der Waals surface area contributed by atoms with Crippen molar-refractivity contribution < 1.29 is 14.3 Å². The molecule has 2 saturated heterocycles. The van der Waals surface area contributed by atoms with Crippen molar-refractivity contribution in [2.24, 2.45) is 11.8 Å². The van der Waals surface area contributed by atoms with Crippen molar-refractivity contribution in [1.29, 1.82) is 0 Å². The first-order chi connectivity index (χ1) is 10.7. The summed E-state index contributed by atoms with van der Waals surface area (Å²) in [5, 5.41) is 3.55. The molecule has 23 heavy (non-hydrogen) atoms. The molecule has 0 bridgehead atoms. The standard InChI is InChI=1S/C17H28N2O3.ClH/c1-2-22-17(21)13-7-5-9-19(11-13)16(20)15-10-12-6-3-4-8-14(12)18-15;/h12-15,18H,2-11H2,1H3;1H. The molecule has 0 aromatic heterocycles. The number of hydrogen-bond donors (Lipinski definition) is 1. The van der Waals surface area contributed by atoms with Gasteiger partial charge in [-0.15, -0.1) is 12.4 Å². The zero-order valence-electron chi connectivity index (χ0n) is 14.0. The van der Waals surface area contributed by atoms with Crippen LogP contribution in [0.15, 0.2) is 0 Å². The highest BCUT2D eigenvalue weighted by Gasteiger charge is 2.41. The average Bonchev–Trinajstić information content (AvgIpc) is 2.98. The highest BCUT2D eigenvalue weighted by Crippen LogP contribution is 2.34. The molecule has 2 aliphatic heterocycles. The van der Waals surface area contributed by atoms with Crippen molar-refractivity contribution in [3.8, 4) is 0 Å². The van der Waals surface area contributed by atoms with Crippen LogP contribution in [0.1, 0.15) is 51.9 Å². The van der Waals surface area contributed by atoms with Crippen molar-refractivity contribution in [3.63, 3.8) is 0 Å². The number of carbonyl (C=O) groups is 2. The highest BCUT2D eigenvalue weighted by atomic mass is 35.5. The zero-order chi connectivity index (χ0) is 15.5. The van der Waals surface area contributed by atoms with Gasteiger partial charge in [0.05, 0.1) is 18.6 Å². The second-order valence-electron chi connectivity index (χ2n) is 6.98. The Labute approximate surface area is 144 Å². The number of likely N-dealkylation sites (tertiary alicyclic amines) is 1. The predicted molar refractivity (Wildman–Crippen MR) is 90.5 cm³/mol. The van der Waals surface area contributed by atoms with Crippen LogP contribution in [0.2, 0.25) is 0 Å². The second-order valence-corrected chi connectivity index (χ2v) is 6.98. The molecule has 2 heterocycles. The highest BCUT2D eigenvalue weighted by molar-refractivity contribution is 5.85. The Bertz CT molecular complexity index is 418. The lowest BCUT2D eigenvalue weighted by atomic mass is 9.85. The third kappa shape index (κ3) is 4.18. The van der Waals surface area contributed by atoms with Gasteiger partial charge in [-0.1, -0.05) is 12.8 Å². The summed E-state index contributed by atoms with van der Waals surface area (Å²) in [5.74, 6) is 0.589. The molecule has 3 aliphatic rings. The van der Waals surface area contributed by atoms with Crippen molar-refractivity contribution in [2.45, 2.75) is 64.0 Å². The van der Waals surface area contributed by atoms with Gasteiger partial charge < -0.3 is 15.0 Å². The van der Waals surface area contributed by atoms with Crippen LogP contribution in [0, 0.1) is 11.8 Å². The third-order valence-electron chi connectivity index (χ3n) is 5.51. The van der Waals surface area contributed by atoms with Crippen LogP contribution in [0.5, 0.6) is 0 Å². The minimum absolute atomic E-state index is 0. The summed E-state index contributed by atoms with van der Waals surface area (Å²) >= 11 is 0. The molecule has 3 fully saturated rings. The van der Waals surface area contributed by atoms with Gasteiger partial charge in [-0.2, -0.15) is 0 Å². The van der Waals surface area contributed by atoms with Crippen LogP contribution in [0.4, 0.5) is 0 Å². The summed E-state index contributed by atoms with van der Waals surface area (Å²) in [5.41, 5.74) is 0. The van der Waals surface area contributed by atoms with E-state index in [9.17, 15) is 9.59 Å². The fourth-order valence-corrected chi connectivity index (χ4v) is 4.36. The Balaban J connectivity index is 0.00000192. The SMILES string of the molecule is CCOC(=O)C1CCCN(C(=O)C2CC3CCCCC3N2)C1.Cl. The maximum Gasteiger partial charge on any atom is 0.310 e. The van der Waals surface area contributed by atoms with E-state index in [1.54, 1.807) is 0 Å². The van der Waals surface area contributed by atoms with E-state index in [4.69, 9.17) is 4.74 Å². The lowest BCUT2D eigenvalue weighted by Crippen LogP contribution is -2.50. The molecule has 4 atom stereocenters. The van der Waals surface area contributed by atoms with Crippen molar-refractivity contribution in [3.05, 3.63) is 0 Å². The van der Waals surface area contributed by atoms with Crippen LogP contribution in [0.3, 0.4) is 0 Å². The van der Waals surface area contributed by atoms with Gasteiger partial charge in [-0.25, -0.2) is 0 Å². The molecule has 4 unspecified atom stereocenters. The molecule has 5 nitrogen and oxygen atoms in total. The molecule has 132 valence electrons. The van der Waals surface area contributed by atoms with E-state index in [2.05, 4.69) is 5.32 Å². The molecule has 6 heteroatoms. The van der Waals surface area contributed by atoms with E-state index >= 15 is 0 Å². The molecule has 1 aliphatic carbocycles. The normalized spacial score (nSPS) is 33.5. The third-order valence-corrected chi connectivity index (χ3v) is 5.51. The molecular weight excluding hydrogens is 316 g/mol. The summed E-state index contributed by atoms with van der Waals surface area (Å²) < 4.78 is 5.12. The van der Waals surface area contributed by atoms with E-state index in [1.807, 2.05) is 11.8 Å². The summed E-state index contributed by atoms with van der Waals surface area (Å²) in [6, 6.07) is 0.502. The van der Waals surface area contributed by atoms with Gasteiger partial charge in [-0.3, -0.25) is 9.59 Å². The molecule has 3 rings (SSSR count). The monoisotopic (exact) mass is 344 g/mol. The van der Waals surface area contributed by atoms with E-state index < -0.39 is 0 Å². The Kier molecular flexibility index (Phi) is 6.72. The molecule has 1 N–H and O–H groups in total. The summed E-state index contributed by atoms with van der Waals surface area (Å²) in [4.78, 5) is 26.6. The number of ether oxygens (including phenoxy) is 1. The van der Waals surface area contributed by atoms with Gasteiger partial charge in [0.2, 0.25) is 5.91 Å². The van der Waals surface area contributed by atoms with Crippen LogP contribution in [-0.2, 0) is 14.3 Å². The van der Waals surface area contributed by atoms with Gasteiger partial charge in [0.25, 0.3) is 0 Å². The Morgan fingerprint density at radius 3 is 2.70 bits per heavy atom. The predicted octanol–water partition coefficient (Wildman–Crippen LogP) is 2.13. The van der Waals surface area contributed by atoms with Crippen molar-refractivity contribution in [2.75, 3.05) is 19.7 Å². The van der Waals surface area contributed by atoms with Gasteiger partial charge in [-0.05, 0) is 44.9 Å². The number of nitrogens with one attached hydrogen (secondary N) is 1.